The minimum absolute atomic E-state index is 0.0505. The molecule has 1 unspecified atom stereocenters. The maximum absolute atomic E-state index is 12.8. The van der Waals surface area contributed by atoms with Crippen LogP contribution in [0, 0.1) is 5.92 Å². The molecular weight excluding hydrogens is 335 g/mol. The van der Waals surface area contributed by atoms with E-state index in [1.54, 1.807) is 13.8 Å². The molecule has 0 aromatic heterocycles. The first kappa shape index (κ1) is 19.2. The Balaban J connectivity index is 1.98. The molecule has 25 heavy (non-hydrogen) atoms. The number of nitrogens with one attached hydrogen (secondary N) is 1. The van der Waals surface area contributed by atoms with Gasteiger partial charge < -0.3 is 16.0 Å². The Morgan fingerprint density at radius 1 is 1.36 bits per heavy atom. The van der Waals surface area contributed by atoms with Crippen LogP contribution in [-0.2, 0) is 22.3 Å². The third-order valence-corrected chi connectivity index (χ3v) is 3.93. The predicted molar refractivity (Wildman–Crippen MR) is 86.2 cm³/mol. The zero-order valence-corrected chi connectivity index (χ0v) is 14.2. The van der Waals surface area contributed by atoms with Crippen molar-refractivity contribution in [3.05, 3.63) is 35.4 Å². The standard InChI is InChI=1S/C17H22F3N3O2/c1-16(2,21)10-22-15(25)12-7-14(24)23(9-12)8-11-4-3-5-13(6-11)17(18,19)20/h3-6,12H,7-10,21H2,1-2H3,(H,22,25). The van der Waals surface area contributed by atoms with Crippen LogP contribution in [0.2, 0.25) is 0 Å². The van der Waals surface area contributed by atoms with Gasteiger partial charge in [-0.25, -0.2) is 0 Å². The molecule has 0 aliphatic carbocycles. The number of benzene rings is 1. The van der Waals surface area contributed by atoms with Gasteiger partial charge in [0, 0.05) is 31.6 Å². The van der Waals surface area contributed by atoms with Crippen molar-refractivity contribution in [3.63, 3.8) is 0 Å². The molecule has 2 amide bonds. The van der Waals surface area contributed by atoms with Gasteiger partial charge in [-0.1, -0.05) is 12.1 Å². The van der Waals surface area contributed by atoms with Crippen LogP contribution in [0.1, 0.15) is 31.4 Å². The van der Waals surface area contributed by atoms with E-state index in [-0.39, 0.29) is 37.9 Å². The number of halogens is 3. The predicted octanol–water partition coefficient (Wildman–Crippen LogP) is 1.91. The largest absolute Gasteiger partial charge is 0.416 e. The Morgan fingerprint density at radius 3 is 2.64 bits per heavy atom. The van der Waals surface area contributed by atoms with E-state index >= 15 is 0 Å². The second kappa shape index (κ2) is 7.03. The fourth-order valence-electron chi connectivity index (χ4n) is 2.63. The molecule has 138 valence electrons. The van der Waals surface area contributed by atoms with Crippen LogP contribution >= 0.6 is 0 Å². The van der Waals surface area contributed by atoms with E-state index in [9.17, 15) is 22.8 Å². The van der Waals surface area contributed by atoms with Crippen LogP contribution in [-0.4, -0.2) is 35.3 Å². The molecular formula is C17H22F3N3O2. The van der Waals surface area contributed by atoms with E-state index in [0.29, 0.717) is 5.56 Å². The Hall–Kier alpha value is -2.09. The summed E-state index contributed by atoms with van der Waals surface area (Å²) in [5.74, 6) is -1.02. The van der Waals surface area contributed by atoms with Gasteiger partial charge in [0.15, 0.2) is 0 Å². The van der Waals surface area contributed by atoms with Crippen LogP contribution in [0.3, 0.4) is 0 Å². The summed E-state index contributed by atoms with van der Waals surface area (Å²) in [6.45, 7) is 4.06. The van der Waals surface area contributed by atoms with Crippen molar-refractivity contribution in [3.8, 4) is 0 Å². The lowest BCUT2D eigenvalue weighted by atomic mass is 10.1. The topological polar surface area (TPSA) is 75.4 Å². The van der Waals surface area contributed by atoms with Crippen LogP contribution in [0.4, 0.5) is 13.2 Å². The van der Waals surface area contributed by atoms with Gasteiger partial charge in [0.05, 0.1) is 11.5 Å². The lowest BCUT2D eigenvalue weighted by Crippen LogP contribution is -2.46. The molecule has 8 heteroatoms. The fourth-order valence-corrected chi connectivity index (χ4v) is 2.63. The van der Waals surface area contributed by atoms with Gasteiger partial charge in [-0.2, -0.15) is 13.2 Å². The number of hydrogen-bond donors (Lipinski definition) is 2. The maximum atomic E-state index is 12.8. The lowest BCUT2D eigenvalue weighted by Gasteiger charge is -2.21. The van der Waals surface area contributed by atoms with Crippen molar-refractivity contribution >= 4 is 11.8 Å². The summed E-state index contributed by atoms with van der Waals surface area (Å²) in [5, 5.41) is 2.71. The number of rotatable bonds is 5. The summed E-state index contributed by atoms with van der Waals surface area (Å²) < 4.78 is 38.3. The molecule has 1 aromatic carbocycles. The second-order valence-corrected chi connectivity index (χ2v) is 7.08. The summed E-state index contributed by atoms with van der Waals surface area (Å²) in [4.78, 5) is 25.6. The zero-order valence-electron chi connectivity index (χ0n) is 14.2. The fraction of sp³-hybridized carbons (Fsp3) is 0.529. The normalized spacial score (nSPS) is 18.6. The van der Waals surface area contributed by atoms with Crippen molar-refractivity contribution in [1.82, 2.24) is 10.2 Å². The van der Waals surface area contributed by atoms with Gasteiger partial charge in [0.2, 0.25) is 11.8 Å². The van der Waals surface area contributed by atoms with Crippen LogP contribution in [0.5, 0.6) is 0 Å². The van der Waals surface area contributed by atoms with Crippen LogP contribution < -0.4 is 11.1 Å². The summed E-state index contributed by atoms with van der Waals surface area (Å²) in [5.41, 5.74) is 4.87. The van der Waals surface area contributed by atoms with E-state index in [0.717, 1.165) is 12.1 Å². The summed E-state index contributed by atoms with van der Waals surface area (Å²) in [6, 6.07) is 4.86. The van der Waals surface area contributed by atoms with Crippen molar-refractivity contribution in [2.45, 2.75) is 38.5 Å². The van der Waals surface area contributed by atoms with Crippen molar-refractivity contribution in [2.24, 2.45) is 11.7 Å². The maximum Gasteiger partial charge on any atom is 0.416 e. The number of alkyl halides is 3. The number of hydrogen-bond acceptors (Lipinski definition) is 3. The Morgan fingerprint density at radius 2 is 2.04 bits per heavy atom. The second-order valence-electron chi connectivity index (χ2n) is 7.08. The van der Waals surface area contributed by atoms with Crippen molar-refractivity contribution in [1.29, 1.82) is 0 Å². The van der Waals surface area contributed by atoms with Gasteiger partial charge in [-0.15, -0.1) is 0 Å². The lowest BCUT2D eigenvalue weighted by molar-refractivity contribution is -0.137. The molecule has 1 heterocycles. The third kappa shape index (κ3) is 5.45. The first-order valence-electron chi connectivity index (χ1n) is 7.96. The van der Waals surface area contributed by atoms with Gasteiger partial charge in [-0.05, 0) is 31.5 Å². The SMILES string of the molecule is CC(C)(N)CNC(=O)C1CC(=O)N(Cc2cccc(C(F)(F)F)c2)C1. The number of nitrogens with zero attached hydrogens (tertiary/aromatic N) is 1. The Kier molecular flexibility index (Phi) is 5.41. The van der Waals surface area contributed by atoms with E-state index in [2.05, 4.69) is 5.32 Å². The smallest absolute Gasteiger partial charge is 0.354 e. The van der Waals surface area contributed by atoms with Gasteiger partial charge in [0.1, 0.15) is 0 Å². The molecule has 1 atom stereocenters. The molecule has 1 aromatic rings. The molecule has 3 N–H and O–H groups in total. The molecule has 0 radical (unpaired) electrons. The van der Waals surface area contributed by atoms with E-state index in [1.165, 1.54) is 17.0 Å². The molecule has 0 bridgehead atoms. The number of carbonyl (C=O) groups excluding carboxylic acids is 2. The molecule has 1 saturated heterocycles. The first-order chi connectivity index (χ1) is 11.5. The molecule has 1 aliphatic heterocycles. The highest BCUT2D eigenvalue weighted by molar-refractivity contribution is 5.89. The van der Waals surface area contributed by atoms with Gasteiger partial charge in [-0.3, -0.25) is 9.59 Å². The van der Waals surface area contributed by atoms with E-state index in [1.807, 2.05) is 0 Å². The van der Waals surface area contributed by atoms with E-state index in [4.69, 9.17) is 5.73 Å². The molecule has 0 saturated carbocycles. The molecule has 2 rings (SSSR count). The number of carbonyl (C=O) groups is 2. The van der Waals surface area contributed by atoms with Gasteiger partial charge >= 0.3 is 6.18 Å². The van der Waals surface area contributed by atoms with Gasteiger partial charge in [0.25, 0.3) is 0 Å². The quantitative estimate of drug-likeness (QED) is 0.845. The molecule has 5 nitrogen and oxygen atoms in total. The average molecular weight is 357 g/mol. The monoisotopic (exact) mass is 357 g/mol. The molecule has 1 aliphatic rings. The molecule has 0 spiro atoms. The molecule has 1 fully saturated rings. The van der Waals surface area contributed by atoms with E-state index < -0.39 is 23.2 Å². The Labute approximate surface area is 144 Å². The Bertz CT molecular complexity index is 653. The number of likely N-dealkylation sites (tertiary alicyclic amines) is 1. The summed E-state index contributed by atoms with van der Waals surface area (Å²) in [7, 11) is 0. The minimum atomic E-state index is -4.43. The highest BCUT2D eigenvalue weighted by atomic mass is 19.4. The zero-order chi connectivity index (χ0) is 18.8. The highest BCUT2D eigenvalue weighted by Crippen LogP contribution is 2.30. The third-order valence-electron chi connectivity index (χ3n) is 3.93. The van der Waals surface area contributed by atoms with Crippen molar-refractivity contribution in [2.75, 3.05) is 13.1 Å². The van der Waals surface area contributed by atoms with Crippen molar-refractivity contribution < 1.29 is 22.8 Å². The summed E-state index contributed by atoms with van der Waals surface area (Å²) in [6.07, 6.45) is -4.38. The number of amides is 2. The van der Waals surface area contributed by atoms with Crippen LogP contribution in [0.15, 0.2) is 24.3 Å². The summed E-state index contributed by atoms with van der Waals surface area (Å²) >= 11 is 0. The average Bonchev–Trinajstić information content (AvgIpc) is 2.85. The minimum Gasteiger partial charge on any atom is -0.354 e. The first-order valence-corrected chi connectivity index (χ1v) is 7.96. The highest BCUT2D eigenvalue weighted by Gasteiger charge is 2.35. The number of nitrogens with two attached hydrogens (primary N) is 1. The van der Waals surface area contributed by atoms with Crippen LogP contribution in [0.25, 0.3) is 0 Å².